The van der Waals surface area contributed by atoms with E-state index in [0.717, 1.165) is 5.56 Å². The molecule has 2 amide bonds. The lowest BCUT2D eigenvalue weighted by atomic mass is 10.2. The fourth-order valence-corrected chi connectivity index (χ4v) is 2.19. The molecular formula is C18H20N2O5. The fourth-order valence-electron chi connectivity index (χ4n) is 2.19. The highest BCUT2D eigenvalue weighted by molar-refractivity contribution is 6.39. The molecule has 0 aliphatic carbocycles. The molecule has 0 aliphatic rings. The van der Waals surface area contributed by atoms with Crippen LogP contribution in [-0.4, -0.2) is 33.1 Å². The summed E-state index contributed by atoms with van der Waals surface area (Å²) in [5.41, 5.74) is 1.15. The van der Waals surface area contributed by atoms with Gasteiger partial charge in [-0.05, 0) is 18.2 Å². The summed E-state index contributed by atoms with van der Waals surface area (Å²) < 4.78 is 15.5. The first-order chi connectivity index (χ1) is 12.1. The number of anilines is 1. The highest BCUT2D eigenvalue weighted by Crippen LogP contribution is 2.28. The lowest BCUT2D eigenvalue weighted by Crippen LogP contribution is -2.35. The van der Waals surface area contributed by atoms with Crippen LogP contribution in [0.1, 0.15) is 5.56 Å². The maximum atomic E-state index is 12.1. The van der Waals surface area contributed by atoms with E-state index in [9.17, 15) is 9.59 Å². The first-order valence-corrected chi connectivity index (χ1v) is 7.52. The van der Waals surface area contributed by atoms with Gasteiger partial charge in [0.15, 0.2) is 0 Å². The molecule has 0 aromatic heterocycles. The summed E-state index contributed by atoms with van der Waals surface area (Å²) in [6.45, 7) is 0.177. The van der Waals surface area contributed by atoms with E-state index in [2.05, 4.69) is 10.6 Å². The lowest BCUT2D eigenvalue weighted by Gasteiger charge is -2.12. The zero-order chi connectivity index (χ0) is 18.2. The van der Waals surface area contributed by atoms with Gasteiger partial charge in [-0.3, -0.25) is 9.59 Å². The van der Waals surface area contributed by atoms with E-state index >= 15 is 0 Å². The molecule has 0 heterocycles. The first kappa shape index (κ1) is 18.1. The largest absolute Gasteiger partial charge is 0.497 e. The Hall–Kier alpha value is -3.22. The van der Waals surface area contributed by atoms with Crippen LogP contribution in [0.15, 0.2) is 42.5 Å². The summed E-state index contributed by atoms with van der Waals surface area (Å²) in [4.78, 5) is 24.1. The van der Waals surface area contributed by atoms with Gasteiger partial charge in [0.1, 0.15) is 17.2 Å². The number of benzene rings is 2. The van der Waals surface area contributed by atoms with Crippen molar-refractivity contribution in [2.45, 2.75) is 6.54 Å². The van der Waals surface area contributed by atoms with Crippen molar-refractivity contribution in [2.24, 2.45) is 0 Å². The Kier molecular flexibility index (Phi) is 6.22. The van der Waals surface area contributed by atoms with Crippen LogP contribution >= 0.6 is 0 Å². The molecule has 132 valence electrons. The Morgan fingerprint density at radius 2 is 1.60 bits per heavy atom. The molecular weight excluding hydrogens is 324 g/mol. The molecule has 2 aromatic carbocycles. The maximum Gasteiger partial charge on any atom is 0.313 e. The van der Waals surface area contributed by atoms with Crippen molar-refractivity contribution < 1.29 is 23.8 Å². The molecule has 2 aromatic rings. The normalized spacial score (nSPS) is 9.88. The third-order valence-electron chi connectivity index (χ3n) is 3.50. The molecule has 25 heavy (non-hydrogen) atoms. The quantitative estimate of drug-likeness (QED) is 0.783. The van der Waals surface area contributed by atoms with E-state index in [1.165, 1.54) is 14.2 Å². The number of rotatable bonds is 6. The molecule has 2 rings (SSSR count). The number of para-hydroxylation sites is 1. The van der Waals surface area contributed by atoms with Gasteiger partial charge in [-0.1, -0.05) is 18.2 Å². The van der Waals surface area contributed by atoms with E-state index in [0.29, 0.717) is 22.9 Å². The Morgan fingerprint density at radius 3 is 2.28 bits per heavy atom. The summed E-state index contributed by atoms with van der Waals surface area (Å²) in [5, 5.41) is 5.07. The minimum absolute atomic E-state index is 0.177. The molecule has 0 bridgehead atoms. The van der Waals surface area contributed by atoms with Crippen molar-refractivity contribution in [3.63, 3.8) is 0 Å². The molecule has 0 atom stereocenters. The second kappa shape index (κ2) is 8.58. The van der Waals surface area contributed by atoms with Crippen LogP contribution in [0.4, 0.5) is 5.69 Å². The minimum Gasteiger partial charge on any atom is -0.497 e. The van der Waals surface area contributed by atoms with Crippen molar-refractivity contribution in [1.82, 2.24) is 5.32 Å². The molecule has 0 aliphatic heterocycles. The van der Waals surface area contributed by atoms with Crippen molar-refractivity contribution in [1.29, 1.82) is 0 Å². The third kappa shape index (κ3) is 4.63. The van der Waals surface area contributed by atoms with Crippen LogP contribution in [0.3, 0.4) is 0 Å². The van der Waals surface area contributed by atoms with Gasteiger partial charge in [-0.2, -0.15) is 0 Å². The zero-order valence-corrected chi connectivity index (χ0v) is 14.3. The van der Waals surface area contributed by atoms with E-state index in [-0.39, 0.29) is 6.54 Å². The van der Waals surface area contributed by atoms with E-state index in [1.54, 1.807) is 31.4 Å². The van der Waals surface area contributed by atoms with Gasteiger partial charge in [-0.15, -0.1) is 0 Å². The fraction of sp³-hybridized carbons (Fsp3) is 0.222. The molecule has 0 radical (unpaired) electrons. The van der Waals surface area contributed by atoms with Gasteiger partial charge >= 0.3 is 11.8 Å². The highest BCUT2D eigenvalue weighted by Gasteiger charge is 2.16. The predicted molar refractivity (Wildman–Crippen MR) is 93.0 cm³/mol. The van der Waals surface area contributed by atoms with Crippen molar-refractivity contribution in [2.75, 3.05) is 26.6 Å². The smallest absolute Gasteiger partial charge is 0.313 e. The lowest BCUT2D eigenvalue weighted by molar-refractivity contribution is -0.136. The molecule has 0 saturated carbocycles. The minimum atomic E-state index is -0.793. The Morgan fingerprint density at radius 1 is 0.880 bits per heavy atom. The van der Waals surface area contributed by atoms with Gasteiger partial charge in [-0.25, -0.2) is 0 Å². The highest BCUT2D eigenvalue weighted by atomic mass is 16.5. The standard InChI is InChI=1S/C18H20N2O5/c1-23-13-8-9-14(16(10-13)25-3)20-18(22)17(21)19-11-12-6-4-5-7-15(12)24-2/h4-10H,11H2,1-3H3,(H,19,21)(H,20,22). The topological polar surface area (TPSA) is 85.9 Å². The summed E-state index contributed by atoms with van der Waals surface area (Å²) >= 11 is 0. The van der Waals surface area contributed by atoms with Gasteiger partial charge in [0, 0.05) is 18.2 Å². The Balaban J connectivity index is 2.00. The summed E-state index contributed by atoms with van der Waals surface area (Å²) in [6.07, 6.45) is 0. The van der Waals surface area contributed by atoms with Crippen molar-refractivity contribution in [3.8, 4) is 17.2 Å². The maximum absolute atomic E-state index is 12.1. The third-order valence-corrected chi connectivity index (χ3v) is 3.50. The number of hydrogen-bond acceptors (Lipinski definition) is 5. The average Bonchev–Trinajstić information content (AvgIpc) is 2.66. The van der Waals surface area contributed by atoms with Crippen LogP contribution < -0.4 is 24.8 Å². The summed E-state index contributed by atoms with van der Waals surface area (Å²) in [5.74, 6) is 0.0582. The second-order valence-electron chi connectivity index (χ2n) is 5.01. The Labute approximate surface area is 145 Å². The van der Waals surface area contributed by atoms with Crippen molar-refractivity contribution >= 4 is 17.5 Å². The number of ether oxygens (including phenoxy) is 3. The monoisotopic (exact) mass is 344 g/mol. The summed E-state index contributed by atoms with van der Waals surface area (Å²) in [7, 11) is 4.54. The van der Waals surface area contributed by atoms with Gasteiger partial charge < -0.3 is 24.8 Å². The summed E-state index contributed by atoms with van der Waals surface area (Å²) in [6, 6.07) is 12.1. The van der Waals surface area contributed by atoms with E-state index in [4.69, 9.17) is 14.2 Å². The molecule has 0 fully saturated rings. The molecule has 0 saturated heterocycles. The number of amides is 2. The molecule has 0 unspecified atom stereocenters. The molecule has 2 N–H and O–H groups in total. The van der Waals surface area contributed by atoms with Crippen molar-refractivity contribution in [3.05, 3.63) is 48.0 Å². The zero-order valence-electron chi connectivity index (χ0n) is 14.3. The second-order valence-corrected chi connectivity index (χ2v) is 5.01. The van der Waals surface area contributed by atoms with Crippen LogP contribution in [0, 0.1) is 0 Å². The van der Waals surface area contributed by atoms with Gasteiger partial charge in [0.25, 0.3) is 0 Å². The van der Waals surface area contributed by atoms with E-state index < -0.39 is 11.8 Å². The molecule has 7 heteroatoms. The van der Waals surface area contributed by atoms with Gasteiger partial charge in [0.05, 0.1) is 27.0 Å². The van der Waals surface area contributed by atoms with Crippen LogP contribution in [0.25, 0.3) is 0 Å². The number of hydrogen-bond donors (Lipinski definition) is 2. The molecule has 0 spiro atoms. The van der Waals surface area contributed by atoms with Crippen LogP contribution in [0.2, 0.25) is 0 Å². The average molecular weight is 344 g/mol. The number of methoxy groups -OCH3 is 3. The van der Waals surface area contributed by atoms with Crippen LogP contribution in [0.5, 0.6) is 17.2 Å². The number of carbonyl (C=O) groups excluding carboxylic acids is 2. The first-order valence-electron chi connectivity index (χ1n) is 7.52. The number of carbonyl (C=O) groups is 2. The Bertz CT molecular complexity index is 761. The predicted octanol–water partition coefficient (Wildman–Crippen LogP) is 1.97. The van der Waals surface area contributed by atoms with E-state index in [1.807, 2.05) is 18.2 Å². The number of nitrogens with one attached hydrogen (secondary N) is 2. The van der Waals surface area contributed by atoms with Crippen LogP contribution in [-0.2, 0) is 16.1 Å². The molecule has 7 nitrogen and oxygen atoms in total. The SMILES string of the molecule is COc1ccc(NC(=O)C(=O)NCc2ccccc2OC)c(OC)c1. The van der Waals surface area contributed by atoms with Gasteiger partial charge in [0.2, 0.25) is 0 Å².